The van der Waals surface area contributed by atoms with Gasteiger partial charge in [0.25, 0.3) is 0 Å². The molecule has 3 aromatic rings. The molecule has 0 spiro atoms. The third-order valence-electron chi connectivity index (χ3n) is 4.70. The minimum absolute atomic E-state index is 0.0534. The third kappa shape index (κ3) is 4.29. The van der Waals surface area contributed by atoms with Crippen LogP contribution in [0.1, 0.15) is 17.5 Å². The number of anilines is 2. The van der Waals surface area contributed by atoms with Crippen LogP contribution in [-0.2, 0) is 4.79 Å². The number of pyridine rings is 1. The number of nitrogen functional groups attached to an aromatic ring is 1. The summed E-state index contributed by atoms with van der Waals surface area (Å²) >= 11 is 1.24. The number of fused-ring (bicyclic) bond motifs is 1. The maximum Gasteiger partial charge on any atom is 0.231 e. The fourth-order valence-corrected chi connectivity index (χ4v) is 4.17. The molecule has 0 atom stereocenters. The normalized spacial score (nSPS) is 11.4. The topological polar surface area (TPSA) is 134 Å². The van der Waals surface area contributed by atoms with E-state index in [0.29, 0.717) is 39.1 Å². The van der Waals surface area contributed by atoms with Gasteiger partial charge in [-0.05, 0) is 17.7 Å². The molecule has 0 unspecified atom stereocenters. The number of aromatic nitrogens is 1. The van der Waals surface area contributed by atoms with E-state index in [2.05, 4.69) is 22.4 Å². The zero-order chi connectivity index (χ0) is 22.5. The number of thioether (sulfide) groups is 1. The molecule has 0 bridgehead atoms. The summed E-state index contributed by atoms with van der Waals surface area (Å²) in [6, 6.07) is 18.5. The highest BCUT2D eigenvalue weighted by Gasteiger charge is 2.20. The molecule has 0 radical (unpaired) electrons. The average molecular weight is 443 g/mol. The molecule has 1 aromatic heterocycles. The molecular weight excluding hydrogens is 426 g/mol. The molecular formula is C23H17N5O3S. The molecule has 2 heterocycles. The van der Waals surface area contributed by atoms with Crippen molar-refractivity contribution >= 4 is 29.2 Å². The van der Waals surface area contributed by atoms with Crippen molar-refractivity contribution in [2.24, 2.45) is 0 Å². The molecule has 8 nitrogen and oxygen atoms in total. The summed E-state index contributed by atoms with van der Waals surface area (Å²) in [4.78, 5) is 16.6. The number of carbonyl (C=O) groups is 1. The highest BCUT2D eigenvalue weighted by molar-refractivity contribution is 7.99. The van der Waals surface area contributed by atoms with Crippen molar-refractivity contribution in [3.8, 4) is 34.8 Å². The zero-order valence-corrected chi connectivity index (χ0v) is 17.6. The van der Waals surface area contributed by atoms with E-state index in [0.717, 1.165) is 0 Å². The minimum atomic E-state index is -0.195. The van der Waals surface area contributed by atoms with Crippen LogP contribution in [0.4, 0.5) is 11.5 Å². The second kappa shape index (κ2) is 9.29. The van der Waals surface area contributed by atoms with Crippen LogP contribution in [0.25, 0.3) is 11.1 Å². The SMILES string of the molecule is N#Cc1c(N)nc(SCCC(=O)Nc2ccc3c(c2)OCO3)c(C#N)c1-c1ccccc1. The fraction of sp³-hybridized carbons (Fsp3) is 0.130. The predicted octanol–water partition coefficient (Wildman–Crippen LogP) is 3.92. The first-order chi connectivity index (χ1) is 15.6. The van der Waals surface area contributed by atoms with E-state index in [1.807, 2.05) is 30.3 Å². The van der Waals surface area contributed by atoms with Gasteiger partial charge in [-0.25, -0.2) is 4.98 Å². The number of carbonyl (C=O) groups excluding carboxylic acids is 1. The molecule has 0 aliphatic carbocycles. The number of ether oxygens (including phenoxy) is 2. The smallest absolute Gasteiger partial charge is 0.231 e. The Morgan fingerprint density at radius 1 is 1.09 bits per heavy atom. The number of rotatable bonds is 6. The molecule has 32 heavy (non-hydrogen) atoms. The molecule has 0 fully saturated rings. The van der Waals surface area contributed by atoms with Crippen LogP contribution < -0.4 is 20.5 Å². The molecule has 0 saturated heterocycles. The van der Waals surface area contributed by atoms with Gasteiger partial charge in [0.15, 0.2) is 11.5 Å². The number of nitrogens with zero attached hydrogens (tertiary/aromatic N) is 3. The van der Waals surface area contributed by atoms with Crippen molar-refractivity contribution in [3.05, 3.63) is 59.7 Å². The summed E-state index contributed by atoms with van der Waals surface area (Å²) < 4.78 is 10.6. The number of benzene rings is 2. The molecule has 2 aromatic carbocycles. The Bertz CT molecular complexity index is 1270. The second-order valence-corrected chi connectivity index (χ2v) is 7.82. The van der Waals surface area contributed by atoms with Gasteiger partial charge in [0.05, 0.1) is 5.56 Å². The molecule has 1 amide bonds. The number of amides is 1. The van der Waals surface area contributed by atoms with Crippen molar-refractivity contribution in [1.82, 2.24) is 4.98 Å². The monoisotopic (exact) mass is 443 g/mol. The molecule has 9 heteroatoms. The maximum atomic E-state index is 12.4. The summed E-state index contributed by atoms with van der Waals surface area (Å²) in [5, 5.41) is 22.6. The van der Waals surface area contributed by atoms with Crippen LogP contribution in [0.15, 0.2) is 53.6 Å². The van der Waals surface area contributed by atoms with E-state index < -0.39 is 0 Å². The molecule has 3 N–H and O–H groups in total. The van der Waals surface area contributed by atoms with Crippen LogP contribution in [0, 0.1) is 22.7 Å². The van der Waals surface area contributed by atoms with Gasteiger partial charge in [-0.15, -0.1) is 11.8 Å². The van der Waals surface area contributed by atoms with E-state index in [1.165, 1.54) is 11.8 Å². The Balaban J connectivity index is 1.49. The fourth-order valence-electron chi connectivity index (χ4n) is 3.23. The number of hydrogen-bond acceptors (Lipinski definition) is 8. The highest BCUT2D eigenvalue weighted by atomic mass is 32.2. The Kier molecular flexibility index (Phi) is 6.11. The Morgan fingerprint density at radius 2 is 1.84 bits per heavy atom. The quantitative estimate of drug-likeness (QED) is 0.547. The van der Waals surface area contributed by atoms with Gasteiger partial charge in [-0.2, -0.15) is 10.5 Å². The van der Waals surface area contributed by atoms with Crippen molar-refractivity contribution < 1.29 is 14.3 Å². The van der Waals surface area contributed by atoms with Crippen molar-refractivity contribution in [3.63, 3.8) is 0 Å². The summed E-state index contributed by atoms with van der Waals surface area (Å²) in [6.07, 6.45) is 0.187. The second-order valence-electron chi connectivity index (χ2n) is 6.73. The van der Waals surface area contributed by atoms with Gasteiger partial charge < -0.3 is 20.5 Å². The Morgan fingerprint density at radius 3 is 2.59 bits per heavy atom. The number of hydrogen-bond donors (Lipinski definition) is 2. The van der Waals surface area contributed by atoms with Gasteiger partial charge in [0, 0.05) is 29.5 Å². The predicted molar refractivity (Wildman–Crippen MR) is 120 cm³/mol. The molecule has 158 valence electrons. The van der Waals surface area contributed by atoms with E-state index in [4.69, 9.17) is 15.2 Å². The number of nitrogens with two attached hydrogens (primary N) is 1. The van der Waals surface area contributed by atoms with E-state index in [-0.39, 0.29) is 36.1 Å². The minimum Gasteiger partial charge on any atom is -0.454 e. The Labute approximate surface area is 188 Å². The van der Waals surface area contributed by atoms with Gasteiger partial charge in [-0.1, -0.05) is 30.3 Å². The lowest BCUT2D eigenvalue weighted by Crippen LogP contribution is -2.12. The molecule has 1 aliphatic heterocycles. The summed E-state index contributed by atoms with van der Waals surface area (Å²) in [5.41, 5.74) is 8.21. The molecule has 4 rings (SSSR count). The lowest BCUT2D eigenvalue weighted by Gasteiger charge is -2.13. The van der Waals surface area contributed by atoms with Crippen molar-refractivity contribution in [2.75, 3.05) is 23.6 Å². The first-order valence-corrected chi connectivity index (χ1v) is 10.6. The van der Waals surface area contributed by atoms with E-state index in [9.17, 15) is 15.3 Å². The summed E-state index contributed by atoms with van der Waals surface area (Å²) in [6.45, 7) is 0.163. The van der Waals surface area contributed by atoms with Crippen LogP contribution in [0.3, 0.4) is 0 Å². The first kappa shape index (κ1) is 21.0. The summed E-state index contributed by atoms with van der Waals surface area (Å²) in [7, 11) is 0. The zero-order valence-electron chi connectivity index (χ0n) is 16.8. The lowest BCUT2D eigenvalue weighted by molar-refractivity contribution is -0.115. The van der Waals surface area contributed by atoms with Crippen molar-refractivity contribution in [2.45, 2.75) is 11.4 Å². The molecule has 0 saturated carbocycles. The van der Waals surface area contributed by atoms with Gasteiger partial charge in [0.2, 0.25) is 12.7 Å². The average Bonchev–Trinajstić information content (AvgIpc) is 3.27. The summed E-state index contributed by atoms with van der Waals surface area (Å²) in [5.74, 6) is 1.46. The maximum absolute atomic E-state index is 12.4. The number of nitrogens with one attached hydrogen (secondary N) is 1. The van der Waals surface area contributed by atoms with Crippen LogP contribution in [0.2, 0.25) is 0 Å². The van der Waals surface area contributed by atoms with Crippen LogP contribution in [0.5, 0.6) is 11.5 Å². The Hall–Kier alpha value is -4.21. The van der Waals surface area contributed by atoms with Crippen molar-refractivity contribution in [1.29, 1.82) is 10.5 Å². The van der Waals surface area contributed by atoms with Crippen LogP contribution >= 0.6 is 11.8 Å². The lowest BCUT2D eigenvalue weighted by atomic mass is 9.97. The number of nitriles is 2. The van der Waals surface area contributed by atoms with Gasteiger partial charge in [0.1, 0.15) is 28.5 Å². The first-order valence-electron chi connectivity index (χ1n) is 9.62. The molecule has 1 aliphatic rings. The standard InChI is InChI=1S/C23H17N5O3S/c24-11-16-21(14-4-2-1-3-5-14)17(12-25)23(28-22(16)26)32-9-8-20(29)27-15-6-7-18-19(10-15)31-13-30-18/h1-7,10H,8-9,13H2,(H2,26,28)(H,27,29). The highest BCUT2D eigenvalue weighted by Crippen LogP contribution is 2.36. The van der Waals surface area contributed by atoms with Crippen LogP contribution in [-0.4, -0.2) is 23.4 Å². The van der Waals surface area contributed by atoms with E-state index in [1.54, 1.807) is 18.2 Å². The van der Waals surface area contributed by atoms with Gasteiger partial charge in [-0.3, -0.25) is 4.79 Å². The van der Waals surface area contributed by atoms with E-state index >= 15 is 0 Å². The third-order valence-corrected chi connectivity index (χ3v) is 5.68. The largest absolute Gasteiger partial charge is 0.454 e. The van der Waals surface area contributed by atoms with Gasteiger partial charge >= 0.3 is 0 Å².